The highest BCUT2D eigenvalue weighted by molar-refractivity contribution is 5.73. The molecule has 0 radical (unpaired) electrons. The van der Waals surface area contributed by atoms with Crippen LogP contribution in [0, 0.1) is 34.5 Å². The van der Waals surface area contributed by atoms with Gasteiger partial charge in [-0.05, 0) is 92.3 Å². The van der Waals surface area contributed by atoms with E-state index >= 15 is 0 Å². The molecule has 0 bridgehead atoms. The molecule has 0 spiro atoms. The Hall–Kier alpha value is -2.72. The molecule has 10 nitrogen and oxygen atoms in total. The van der Waals surface area contributed by atoms with E-state index in [0.717, 1.165) is 31.6 Å². The van der Waals surface area contributed by atoms with Crippen LogP contribution >= 0.6 is 0 Å². The maximum atomic E-state index is 12.4. The first-order valence-electron chi connectivity index (χ1n) is 17.7. The molecule has 1 heterocycles. The zero-order valence-corrected chi connectivity index (χ0v) is 29.1. The highest BCUT2D eigenvalue weighted by Gasteiger charge is 2.59. The largest absolute Gasteiger partial charge is 0.463 e. The maximum absolute atomic E-state index is 12.4. The number of amides is 1. The minimum absolute atomic E-state index is 0.109. The Kier molecular flexibility index (Phi) is 10.9. The molecule has 10 heteroatoms. The lowest BCUT2D eigenvalue weighted by Gasteiger charge is -2.58. The minimum atomic E-state index is -1.14. The molecule has 3 saturated carbocycles. The lowest BCUT2D eigenvalue weighted by molar-refractivity contribution is -0.289. The molecule has 5 aliphatic rings. The van der Waals surface area contributed by atoms with Gasteiger partial charge in [-0.1, -0.05) is 38.5 Å². The van der Waals surface area contributed by atoms with Crippen molar-refractivity contribution in [1.29, 1.82) is 0 Å². The molecule has 1 saturated heterocycles. The van der Waals surface area contributed by atoms with Gasteiger partial charge in [0.1, 0.15) is 18.8 Å². The third kappa shape index (κ3) is 7.19. The molecule has 12 atom stereocenters. The van der Waals surface area contributed by atoms with E-state index in [1.807, 2.05) is 6.92 Å². The fraction of sp³-hybridized carbons (Fsp3) is 0.784. The van der Waals surface area contributed by atoms with Gasteiger partial charge >= 0.3 is 17.9 Å². The average molecular weight is 658 g/mol. The van der Waals surface area contributed by atoms with Crippen LogP contribution in [-0.2, 0) is 42.9 Å². The zero-order valence-electron chi connectivity index (χ0n) is 29.1. The molecule has 4 aliphatic carbocycles. The van der Waals surface area contributed by atoms with Gasteiger partial charge in [0.05, 0.1) is 6.10 Å². The number of esters is 3. The van der Waals surface area contributed by atoms with Crippen molar-refractivity contribution >= 4 is 23.8 Å². The van der Waals surface area contributed by atoms with E-state index in [9.17, 15) is 19.2 Å². The number of carbonyl (C=O) groups excluding carboxylic acids is 4. The number of hydrogen-bond donors (Lipinski definition) is 1. The molecule has 262 valence electrons. The van der Waals surface area contributed by atoms with E-state index in [0.29, 0.717) is 29.6 Å². The summed E-state index contributed by atoms with van der Waals surface area (Å²) in [7, 11) is 0. The number of rotatable bonds is 10. The molecule has 1 aliphatic heterocycles. The van der Waals surface area contributed by atoms with Crippen molar-refractivity contribution in [1.82, 2.24) is 5.32 Å². The van der Waals surface area contributed by atoms with Crippen LogP contribution in [0.2, 0.25) is 0 Å². The average Bonchev–Trinajstić information content (AvgIpc) is 3.35. The molecular weight excluding hydrogens is 602 g/mol. The van der Waals surface area contributed by atoms with Gasteiger partial charge in [-0.2, -0.15) is 0 Å². The maximum Gasteiger partial charge on any atom is 0.305 e. The van der Waals surface area contributed by atoms with Crippen LogP contribution in [0.15, 0.2) is 24.3 Å². The van der Waals surface area contributed by atoms with E-state index < -0.39 is 48.6 Å². The Bertz CT molecular complexity index is 1250. The van der Waals surface area contributed by atoms with Crippen molar-refractivity contribution in [2.45, 2.75) is 142 Å². The topological polar surface area (TPSA) is 126 Å². The van der Waals surface area contributed by atoms with Gasteiger partial charge in [-0.25, -0.2) is 0 Å². The fourth-order valence-electron chi connectivity index (χ4n) is 10.0. The summed E-state index contributed by atoms with van der Waals surface area (Å²) in [5.74, 6) is 0.620. The number of carbonyl (C=O) groups is 4. The van der Waals surface area contributed by atoms with Gasteiger partial charge < -0.3 is 29.0 Å². The Morgan fingerprint density at radius 1 is 1.00 bits per heavy atom. The zero-order chi connectivity index (χ0) is 34.1. The standard InChI is InChI=1S/C37H55NO9/c1-8-10-31(42)43-20-30-33(44-22(4)40)34(45-23(5)41)32(38-21(3)39)35(47-30)46-26-15-17-37(7)25(19-26)11-13-27-28-14-12-24(9-2)36(28,6)18-16-29(27)37/h9,11,24,26-30,32-35H,2,8,10,12-20H2,1,3-7H3,(H,38,39)/t24-,26-,27+,28+,29+,30-,32-,33+,34-,35-,36+,37-/m0/s1. The summed E-state index contributed by atoms with van der Waals surface area (Å²) in [6, 6.07) is -0.961. The monoisotopic (exact) mass is 657 g/mol. The van der Waals surface area contributed by atoms with Crippen LogP contribution in [-0.4, -0.2) is 67.2 Å². The van der Waals surface area contributed by atoms with Gasteiger partial charge in [0.25, 0.3) is 0 Å². The molecule has 0 aromatic rings. The number of nitrogens with one attached hydrogen (secondary N) is 1. The number of ether oxygens (including phenoxy) is 5. The van der Waals surface area contributed by atoms with E-state index in [-0.39, 0.29) is 30.5 Å². The highest BCUT2D eigenvalue weighted by Crippen LogP contribution is 2.66. The van der Waals surface area contributed by atoms with Crippen molar-refractivity contribution in [3.8, 4) is 0 Å². The SMILES string of the molecule is C=C[C@H]1CC[C@@H]2[C@H]3CC=C4C[C@@H](O[C@H]5O[C@@H](COC(=O)CCC)[C@@H](OC(C)=O)[C@@H](OC(C)=O)[C@@H]5NC(C)=O)CC[C@]4(C)[C@@H]3CC[C@@]21C. The van der Waals surface area contributed by atoms with Crippen molar-refractivity contribution < 1.29 is 42.9 Å². The van der Waals surface area contributed by atoms with Crippen LogP contribution in [0.4, 0.5) is 0 Å². The second-order valence-corrected chi connectivity index (χ2v) is 15.1. The van der Waals surface area contributed by atoms with Crippen LogP contribution in [0.3, 0.4) is 0 Å². The number of fused-ring (bicyclic) bond motifs is 5. The Morgan fingerprint density at radius 3 is 2.38 bits per heavy atom. The normalized spacial score (nSPS) is 40.9. The second kappa shape index (κ2) is 14.4. The molecule has 0 aromatic carbocycles. The summed E-state index contributed by atoms with van der Waals surface area (Å²) in [5, 5.41) is 2.83. The van der Waals surface area contributed by atoms with Crippen LogP contribution in [0.1, 0.15) is 106 Å². The van der Waals surface area contributed by atoms with Gasteiger partial charge in [-0.3, -0.25) is 19.2 Å². The lowest BCUT2D eigenvalue weighted by Crippen LogP contribution is -2.67. The Labute approximate surface area is 279 Å². The quantitative estimate of drug-likeness (QED) is 0.182. The van der Waals surface area contributed by atoms with Crippen molar-refractivity contribution in [3.63, 3.8) is 0 Å². The van der Waals surface area contributed by atoms with Gasteiger partial charge in [-0.15, -0.1) is 6.58 Å². The first-order chi connectivity index (χ1) is 22.3. The van der Waals surface area contributed by atoms with Crippen molar-refractivity contribution in [2.75, 3.05) is 6.61 Å². The molecule has 0 unspecified atom stereocenters. The number of hydrogen-bond acceptors (Lipinski definition) is 9. The minimum Gasteiger partial charge on any atom is -0.463 e. The first kappa shape index (κ1) is 35.6. The molecule has 5 rings (SSSR count). The van der Waals surface area contributed by atoms with Crippen LogP contribution in [0.25, 0.3) is 0 Å². The van der Waals surface area contributed by atoms with E-state index in [1.54, 1.807) is 0 Å². The molecule has 4 fully saturated rings. The molecular formula is C37H55NO9. The number of allylic oxidation sites excluding steroid dienone is 2. The van der Waals surface area contributed by atoms with Crippen molar-refractivity contribution in [2.24, 2.45) is 34.5 Å². The van der Waals surface area contributed by atoms with E-state index in [1.165, 1.54) is 52.0 Å². The predicted octanol–water partition coefficient (Wildman–Crippen LogP) is 5.57. The summed E-state index contributed by atoms with van der Waals surface area (Å²) in [6.45, 7) is 14.6. The molecule has 0 aromatic heterocycles. The van der Waals surface area contributed by atoms with Crippen LogP contribution in [0.5, 0.6) is 0 Å². The third-order valence-corrected chi connectivity index (χ3v) is 12.2. The predicted molar refractivity (Wildman–Crippen MR) is 174 cm³/mol. The molecule has 47 heavy (non-hydrogen) atoms. The molecule has 1 amide bonds. The first-order valence-corrected chi connectivity index (χ1v) is 17.7. The Balaban J connectivity index is 1.37. The Morgan fingerprint density at radius 2 is 1.72 bits per heavy atom. The van der Waals surface area contributed by atoms with Crippen LogP contribution < -0.4 is 5.32 Å². The second-order valence-electron chi connectivity index (χ2n) is 15.1. The van der Waals surface area contributed by atoms with Gasteiger partial charge in [0.2, 0.25) is 5.91 Å². The summed E-state index contributed by atoms with van der Waals surface area (Å²) >= 11 is 0. The van der Waals surface area contributed by atoms with E-state index in [2.05, 4.69) is 37.9 Å². The summed E-state index contributed by atoms with van der Waals surface area (Å²) in [6.07, 6.45) is 9.66. The highest BCUT2D eigenvalue weighted by atomic mass is 16.7. The van der Waals surface area contributed by atoms with E-state index in [4.69, 9.17) is 23.7 Å². The lowest BCUT2D eigenvalue weighted by atomic mass is 9.47. The summed E-state index contributed by atoms with van der Waals surface area (Å²) < 4.78 is 29.8. The summed E-state index contributed by atoms with van der Waals surface area (Å²) in [5.41, 5.74) is 1.90. The molecule has 1 N–H and O–H groups in total. The third-order valence-electron chi connectivity index (χ3n) is 12.2. The van der Waals surface area contributed by atoms with Crippen molar-refractivity contribution in [3.05, 3.63) is 24.3 Å². The van der Waals surface area contributed by atoms with Gasteiger partial charge in [0, 0.05) is 27.2 Å². The van der Waals surface area contributed by atoms with Gasteiger partial charge in [0.15, 0.2) is 18.5 Å². The fourth-order valence-corrected chi connectivity index (χ4v) is 10.0. The smallest absolute Gasteiger partial charge is 0.305 e. The summed E-state index contributed by atoms with van der Waals surface area (Å²) in [4.78, 5) is 49.2.